The highest BCUT2D eigenvalue weighted by molar-refractivity contribution is 5.95. The van der Waals surface area contributed by atoms with Crippen molar-refractivity contribution in [3.8, 4) is 0 Å². The van der Waals surface area contributed by atoms with Gasteiger partial charge in [-0.1, -0.05) is 23.4 Å². The van der Waals surface area contributed by atoms with Crippen LogP contribution < -0.4 is 10.9 Å². The third-order valence-electron chi connectivity index (χ3n) is 4.16. The number of carbonyl (C=O) groups is 1. The van der Waals surface area contributed by atoms with Crippen LogP contribution in [0.25, 0.3) is 21.8 Å². The standard InChI is InChI=1S/C18H15N5O2/c1-11(23-18(25)14-4-2-3-5-15(14)21-22-23)17(24)20-13-7-6-12-8-9-19-16(12)10-13/h2-11,19H,1H3,(H,20,24)/t11-/m0/s1. The number of anilines is 1. The SMILES string of the molecule is C[C@@H](C(=O)Nc1ccc2cc[nH]c2c1)n1nnc2ccccc2c1=O. The largest absolute Gasteiger partial charge is 0.361 e. The molecule has 2 aromatic carbocycles. The van der Waals surface area contributed by atoms with Crippen molar-refractivity contribution in [1.29, 1.82) is 0 Å². The lowest BCUT2D eigenvalue weighted by atomic mass is 10.2. The quantitative estimate of drug-likeness (QED) is 0.602. The first-order valence-corrected chi connectivity index (χ1v) is 7.86. The summed E-state index contributed by atoms with van der Waals surface area (Å²) in [5.41, 5.74) is 1.74. The number of fused-ring (bicyclic) bond motifs is 2. The Bertz CT molecular complexity index is 1140. The fourth-order valence-electron chi connectivity index (χ4n) is 2.74. The molecular formula is C18H15N5O2. The third-order valence-corrected chi connectivity index (χ3v) is 4.16. The van der Waals surface area contributed by atoms with Gasteiger partial charge in [0.2, 0.25) is 5.91 Å². The lowest BCUT2D eigenvalue weighted by Gasteiger charge is -2.13. The van der Waals surface area contributed by atoms with E-state index in [0.717, 1.165) is 15.6 Å². The molecule has 25 heavy (non-hydrogen) atoms. The zero-order chi connectivity index (χ0) is 17.4. The summed E-state index contributed by atoms with van der Waals surface area (Å²) in [5.74, 6) is -0.336. The highest BCUT2D eigenvalue weighted by Crippen LogP contribution is 2.18. The van der Waals surface area contributed by atoms with E-state index in [1.807, 2.05) is 30.5 Å². The van der Waals surface area contributed by atoms with E-state index in [4.69, 9.17) is 0 Å². The van der Waals surface area contributed by atoms with Crippen LogP contribution in [0.2, 0.25) is 0 Å². The normalized spacial score (nSPS) is 12.4. The van der Waals surface area contributed by atoms with Gasteiger partial charge in [0.1, 0.15) is 11.6 Å². The van der Waals surface area contributed by atoms with E-state index in [0.29, 0.717) is 16.6 Å². The fraction of sp³-hybridized carbons (Fsp3) is 0.111. The molecule has 0 radical (unpaired) electrons. The van der Waals surface area contributed by atoms with Crippen molar-refractivity contribution in [3.05, 3.63) is 65.1 Å². The van der Waals surface area contributed by atoms with Crippen LogP contribution in [-0.2, 0) is 4.79 Å². The molecule has 1 amide bonds. The van der Waals surface area contributed by atoms with Gasteiger partial charge in [-0.25, -0.2) is 0 Å². The smallest absolute Gasteiger partial charge is 0.278 e. The van der Waals surface area contributed by atoms with Crippen molar-refractivity contribution in [2.45, 2.75) is 13.0 Å². The second kappa shape index (κ2) is 5.86. The molecule has 0 aliphatic heterocycles. The van der Waals surface area contributed by atoms with Gasteiger partial charge in [-0.15, -0.1) is 5.10 Å². The predicted octanol–water partition coefficient (Wildman–Crippen LogP) is 2.47. The Morgan fingerprint density at radius 2 is 2.04 bits per heavy atom. The minimum Gasteiger partial charge on any atom is -0.361 e. The van der Waals surface area contributed by atoms with Crippen molar-refractivity contribution in [2.75, 3.05) is 5.32 Å². The molecule has 0 aliphatic rings. The molecule has 7 heteroatoms. The summed E-state index contributed by atoms with van der Waals surface area (Å²) in [5, 5.41) is 12.2. The number of hydrogen-bond donors (Lipinski definition) is 2. The Hall–Kier alpha value is -3.48. The number of rotatable bonds is 3. The Morgan fingerprint density at radius 1 is 1.20 bits per heavy atom. The van der Waals surface area contributed by atoms with E-state index in [2.05, 4.69) is 20.6 Å². The maximum absolute atomic E-state index is 12.5. The average molecular weight is 333 g/mol. The van der Waals surface area contributed by atoms with Gasteiger partial charge in [0.15, 0.2) is 0 Å². The van der Waals surface area contributed by atoms with E-state index in [-0.39, 0.29) is 11.5 Å². The van der Waals surface area contributed by atoms with Crippen molar-refractivity contribution >= 4 is 33.4 Å². The molecule has 0 spiro atoms. The number of nitrogens with one attached hydrogen (secondary N) is 2. The number of aromatic amines is 1. The van der Waals surface area contributed by atoms with Gasteiger partial charge in [0, 0.05) is 17.4 Å². The molecule has 1 atom stereocenters. The maximum Gasteiger partial charge on any atom is 0.278 e. The van der Waals surface area contributed by atoms with Crippen LogP contribution >= 0.6 is 0 Å². The molecule has 4 aromatic rings. The summed E-state index contributed by atoms with van der Waals surface area (Å²) < 4.78 is 1.10. The van der Waals surface area contributed by atoms with E-state index < -0.39 is 6.04 Å². The molecular weight excluding hydrogens is 318 g/mol. The summed E-state index contributed by atoms with van der Waals surface area (Å²) in [6, 6.07) is 13.7. The van der Waals surface area contributed by atoms with Crippen LogP contribution in [0, 0.1) is 0 Å². The van der Waals surface area contributed by atoms with Gasteiger partial charge in [-0.2, -0.15) is 4.68 Å². The summed E-state index contributed by atoms with van der Waals surface area (Å²) in [6.07, 6.45) is 1.84. The van der Waals surface area contributed by atoms with Crippen LogP contribution in [0.4, 0.5) is 5.69 Å². The number of aromatic nitrogens is 4. The Morgan fingerprint density at radius 3 is 2.92 bits per heavy atom. The molecule has 0 aliphatic carbocycles. The minimum absolute atomic E-state index is 0.336. The number of carbonyl (C=O) groups excluding carboxylic acids is 1. The van der Waals surface area contributed by atoms with Crippen molar-refractivity contribution in [2.24, 2.45) is 0 Å². The first kappa shape index (κ1) is 15.1. The number of nitrogens with zero attached hydrogens (tertiary/aromatic N) is 3. The van der Waals surface area contributed by atoms with Crippen LogP contribution in [0.5, 0.6) is 0 Å². The van der Waals surface area contributed by atoms with Gasteiger partial charge in [-0.05, 0) is 42.6 Å². The van der Waals surface area contributed by atoms with Gasteiger partial charge < -0.3 is 10.3 Å². The average Bonchev–Trinajstić information content (AvgIpc) is 3.09. The van der Waals surface area contributed by atoms with Crippen molar-refractivity contribution in [1.82, 2.24) is 20.0 Å². The zero-order valence-corrected chi connectivity index (χ0v) is 13.4. The van der Waals surface area contributed by atoms with Gasteiger partial charge >= 0.3 is 0 Å². The summed E-state index contributed by atoms with van der Waals surface area (Å²) in [6.45, 7) is 1.62. The van der Waals surface area contributed by atoms with Crippen LogP contribution in [0.1, 0.15) is 13.0 Å². The molecule has 2 heterocycles. The molecule has 4 rings (SSSR count). The molecule has 2 N–H and O–H groups in total. The van der Waals surface area contributed by atoms with Crippen molar-refractivity contribution in [3.63, 3.8) is 0 Å². The van der Waals surface area contributed by atoms with E-state index in [9.17, 15) is 9.59 Å². The van der Waals surface area contributed by atoms with Gasteiger partial charge in [0.05, 0.1) is 5.39 Å². The predicted molar refractivity (Wildman–Crippen MR) is 95.4 cm³/mol. The zero-order valence-electron chi connectivity index (χ0n) is 13.4. The Balaban J connectivity index is 1.63. The lowest BCUT2D eigenvalue weighted by molar-refractivity contribution is -0.119. The molecule has 0 unspecified atom stereocenters. The molecule has 0 fully saturated rings. The Labute approximate surface area is 142 Å². The highest BCUT2D eigenvalue weighted by Gasteiger charge is 2.19. The second-order valence-electron chi connectivity index (χ2n) is 5.80. The first-order chi connectivity index (χ1) is 12.1. The van der Waals surface area contributed by atoms with Crippen LogP contribution in [0.3, 0.4) is 0 Å². The molecule has 124 valence electrons. The van der Waals surface area contributed by atoms with Gasteiger partial charge in [0.25, 0.3) is 5.56 Å². The molecule has 7 nitrogen and oxygen atoms in total. The number of H-pyrrole nitrogens is 1. The van der Waals surface area contributed by atoms with Crippen LogP contribution in [0.15, 0.2) is 59.5 Å². The number of hydrogen-bond acceptors (Lipinski definition) is 4. The second-order valence-corrected chi connectivity index (χ2v) is 5.80. The van der Waals surface area contributed by atoms with E-state index >= 15 is 0 Å². The summed E-state index contributed by atoms with van der Waals surface area (Å²) in [7, 11) is 0. The summed E-state index contributed by atoms with van der Waals surface area (Å²) in [4.78, 5) is 28.2. The van der Waals surface area contributed by atoms with Crippen molar-refractivity contribution < 1.29 is 4.79 Å². The van der Waals surface area contributed by atoms with Gasteiger partial charge in [-0.3, -0.25) is 9.59 Å². The Kier molecular flexibility index (Phi) is 3.53. The molecule has 0 saturated carbocycles. The van der Waals surface area contributed by atoms with E-state index in [1.165, 1.54) is 0 Å². The molecule has 0 saturated heterocycles. The van der Waals surface area contributed by atoms with E-state index in [1.54, 1.807) is 31.2 Å². The highest BCUT2D eigenvalue weighted by atomic mass is 16.2. The number of amides is 1. The maximum atomic E-state index is 12.5. The monoisotopic (exact) mass is 333 g/mol. The molecule has 0 bridgehead atoms. The fourth-order valence-corrected chi connectivity index (χ4v) is 2.74. The summed E-state index contributed by atoms with van der Waals surface area (Å²) >= 11 is 0. The minimum atomic E-state index is -0.788. The topological polar surface area (TPSA) is 92.7 Å². The molecule has 2 aromatic heterocycles. The number of benzene rings is 2. The third kappa shape index (κ3) is 2.65. The first-order valence-electron chi connectivity index (χ1n) is 7.86. The van der Waals surface area contributed by atoms with Crippen LogP contribution in [-0.4, -0.2) is 25.9 Å². The lowest BCUT2D eigenvalue weighted by Crippen LogP contribution is -2.34.